The summed E-state index contributed by atoms with van der Waals surface area (Å²) in [5.74, 6) is 2.91. The van der Waals surface area contributed by atoms with Crippen molar-refractivity contribution >= 4 is 26.8 Å². The first-order valence-corrected chi connectivity index (χ1v) is 19.7. The standard InChI is InChI=1S/C25H50NOSi.2ClH.Ti/c1-20-19-21-15-11-12-16-22(21)23(20)28(8,26-24(2,3)4)18-14-10-9-13-17-27-25(5,6)7;;;/h20-23H,9-19H2,1-8H3;2*1H;/q-1;;;+2/p-2. The zero-order valence-electron chi connectivity index (χ0n) is 21.7. The Labute approximate surface area is 212 Å². The normalized spacial score (nSPS) is 28.3. The van der Waals surface area contributed by atoms with Crippen molar-refractivity contribution in [3.05, 3.63) is 4.98 Å². The van der Waals surface area contributed by atoms with Crippen LogP contribution >= 0.6 is 18.6 Å². The van der Waals surface area contributed by atoms with Crippen LogP contribution in [-0.4, -0.2) is 26.0 Å². The number of halogens is 2. The topological polar surface area (TPSA) is 23.3 Å². The molecule has 0 bridgehead atoms. The van der Waals surface area contributed by atoms with Gasteiger partial charge in [-0.2, -0.15) is 0 Å². The summed E-state index contributed by atoms with van der Waals surface area (Å²) in [5, 5.41) is 0. The van der Waals surface area contributed by atoms with Gasteiger partial charge in [0.2, 0.25) is 0 Å². The van der Waals surface area contributed by atoms with Crippen LogP contribution in [-0.2, 0) is 21.8 Å². The third kappa shape index (κ3) is 11.6. The van der Waals surface area contributed by atoms with Crippen molar-refractivity contribution in [2.75, 3.05) is 6.61 Å². The van der Waals surface area contributed by atoms with E-state index < -0.39 is 25.3 Å². The Morgan fingerprint density at radius 3 is 2.13 bits per heavy atom. The van der Waals surface area contributed by atoms with Crippen LogP contribution in [0, 0.1) is 17.8 Å². The molecule has 0 N–H and O–H groups in total. The van der Waals surface area contributed by atoms with Gasteiger partial charge in [0.15, 0.2) is 0 Å². The Hall–Kier alpha value is 1.43. The number of unbranched alkanes of at least 4 members (excludes halogenated alkanes) is 3. The number of nitrogens with zero attached hydrogens (tertiary/aromatic N) is 1. The third-order valence-corrected chi connectivity index (χ3v) is 12.1. The summed E-state index contributed by atoms with van der Waals surface area (Å²) in [5.41, 5.74) is 1.06. The predicted octanol–water partition coefficient (Wildman–Crippen LogP) is 9.70. The zero-order valence-corrected chi connectivity index (χ0v) is 25.8. The fraction of sp³-hybridized carbons (Fsp3) is 1.00. The average molecular weight is 528 g/mol. The number of hydrogen-bond acceptors (Lipinski definition) is 1. The molecular formula is C25H50Cl2NOSiTi-. The van der Waals surface area contributed by atoms with Crippen molar-refractivity contribution in [2.24, 2.45) is 17.8 Å². The first-order valence-electron chi connectivity index (χ1n) is 12.7. The molecule has 2 rings (SSSR count). The van der Waals surface area contributed by atoms with E-state index in [1.165, 1.54) is 63.8 Å². The zero-order chi connectivity index (χ0) is 23.7. The van der Waals surface area contributed by atoms with Crippen LogP contribution in [0.4, 0.5) is 0 Å². The molecule has 2 aliphatic rings. The van der Waals surface area contributed by atoms with Gasteiger partial charge in [0.1, 0.15) is 0 Å². The van der Waals surface area contributed by atoms with Gasteiger partial charge in [-0.1, -0.05) is 99.0 Å². The molecule has 2 saturated carbocycles. The summed E-state index contributed by atoms with van der Waals surface area (Å²) in [6.45, 7) is 19.6. The first kappa shape index (κ1) is 30.5. The molecule has 2 aliphatic carbocycles. The van der Waals surface area contributed by atoms with Gasteiger partial charge in [-0.15, -0.1) is 5.54 Å². The predicted molar refractivity (Wildman–Crippen MR) is 138 cm³/mol. The van der Waals surface area contributed by atoms with Crippen molar-refractivity contribution in [2.45, 2.75) is 136 Å². The minimum atomic E-state index is -1.63. The van der Waals surface area contributed by atoms with Crippen molar-refractivity contribution in [1.29, 1.82) is 0 Å². The first-order chi connectivity index (χ1) is 14.3. The summed E-state index contributed by atoms with van der Waals surface area (Å²) < 4.78 is 5.89. The summed E-state index contributed by atoms with van der Waals surface area (Å²) in [6, 6.07) is 1.41. The van der Waals surface area contributed by atoms with Crippen LogP contribution in [0.25, 0.3) is 4.98 Å². The van der Waals surface area contributed by atoms with E-state index in [0.29, 0.717) is 0 Å². The van der Waals surface area contributed by atoms with Crippen LogP contribution in [0.15, 0.2) is 0 Å². The molecule has 5 atom stereocenters. The molecule has 0 heterocycles. The van der Waals surface area contributed by atoms with E-state index in [0.717, 1.165) is 29.9 Å². The van der Waals surface area contributed by atoms with E-state index in [2.05, 4.69) is 55.0 Å². The fourth-order valence-electron chi connectivity index (χ4n) is 6.50. The number of fused-ring (bicyclic) bond motifs is 1. The van der Waals surface area contributed by atoms with Crippen LogP contribution in [0.2, 0.25) is 18.1 Å². The Kier molecular flexibility index (Phi) is 13.9. The average Bonchev–Trinajstić information content (AvgIpc) is 2.95. The molecule has 5 unspecified atom stereocenters. The fourth-order valence-corrected chi connectivity index (χ4v) is 12.3. The summed E-state index contributed by atoms with van der Waals surface area (Å²) in [4.78, 5) is 5.64. The number of rotatable bonds is 9. The van der Waals surface area contributed by atoms with Gasteiger partial charge in [0.25, 0.3) is 0 Å². The van der Waals surface area contributed by atoms with Gasteiger partial charge in [-0.25, -0.2) is 0 Å². The molecule has 2 nitrogen and oxygen atoms in total. The van der Waals surface area contributed by atoms with E-state index in [9.17, 15) is 0 Å². The molecule has 0 radical (unpaired) electrons. The maximum atomic E-state index is 5.89. The quantitative estimate of drug-likeness (QED) is 0.216. The molecule has 0 aromatic carbocycles. The van der Waals surface area contributed by atoms with Gasteiger partial charge in [-0.3, -0.25) is 0 Å². The molecule has 31 heavy (non-hydrogen) atoms. The maximum absolute atomic E-state index is 5.89. The molecule has 0 aromatic rings. The number of ether oxygens (including phenoxy) is 1. The van der Waals surface area contributed by atoms with Crippen LogP contribution in [0.1, 0.15) is 106 Å². The third-order valence-electron chi connectivity index (χ3n) is 7.14. The second kappa shape index (κ2) is 14.1. The number of hydrogen-bond donors (Lipinski definition) is 0. The minimum absolute atomic E-state index is 0.00617. The Morgan fingerprint density at radius 1 is 0.968 bits per heavy atom. The Bertz CT molecular complexity index is 497. The summed E-state index contributed by atoms with van der Waals surface area (Å²) in [6.07, 6.45) is 12.7. The van der Waals surface area contributed by atoms with Gasteiger partial charge in [0.05, 0.1) is 5.60 Å². The van der Waals surface area contributed by atoms with E-state index in [1.807, 2.05) is 0 Å². The van der Waals surface area contributed by atoms with Gasteiger partial charge >= 0.3 is 35.6 Å². The Morgan fingerprint density at radius 2 is 1.55 bits per heavy atom. The van der Waals surface area contributed by atoms with Gasteiger partial charge < -0.3 is 9.72 Å². The van der Waals surface area contributed by atoms with Crippen molar-refractivity contribution in [3.63, 3.8) is 0 Å². The van der Waals surface area contributed by atoms with Gasteiger partial charge in [-0.05, 0) is 51.4 Å². The summed E-state index contributed by atoms with van der Waals surface area (Å²) in [7, 11) is 8.15. The SMILES string of the molecule is CC1CC2CCCCC2C1[Si](C)(CCCCCCOC(C)(C)C)[N-]C(C)(C)C.[Cl][Ti][Cl]. The van der Waals surface area contributed by atoms with Gasteiger partial charge in [0, 0.05) is 6.61 Å². The molecule has 0 spiro atoms. The summed E-state index contributed by atoms with van der Waals surface area (Å²) >= 11 is -0.556. The molecule has 2 fully saturated rings. The van der Waals surface area contributed by atoms with E-state index >= 15 is 0 Å². The van der Waals surface area contributed by atoms with E-state index in [1.54, 1.807) is 0 Å². The van der Waals surface area contributed by atoms with E-state index in [-0.39, 0.29) is 11.1 Å². The van der Waals surface area contributed by atoms with E-state index in [4.69, 9.17) is 28.3 Å². The van der Waals surface area contributed by atoms with Crippen molar-refractivity contribution in [3.8, 4) is 0 Å². The monoisotopic (exact) mass is 526 g/mol. The molecular weight excluding hydrogens is 477 g/mol. The van der Waals surface area contributed by atoms with Crippen LogP contribution in [0.3, 0.4) is 0 Å². The molecule has 0 saturated heterocycles. The second-order valence-electron chi connectivity index (χ2n) is 12.3. The Balaban J connectivity index is 0.00000151. The molecule has 0 aromatic heterocycles. The molecule has 0 aliphatic heterocycles. The van der Waals surface area contributed by atoms with Crippen LogP contribution < -0.4 is 0 Å². The van der Waals surface area contributed by atoms with Crippen LogP contribution in [0.5, 0.6) is 0 Å². The molecule has 0 amide bonds. The molecule has 6 heteroatoms. The van der Waals surface area contributed by atoms with Crippen molar-refractivity contribution in [1.82, 2.24) is 0 Å². The van der Waals surface area contributed by atoms with Crippen molar-refractivity contribution < 1.29 is 21.8 Å². The second-order valence-corrected chi connectivity index (χ2v) is 19.0. The molecule has 184 valence electrons.